The quantitative estimate of drug-likeness (QED) is 0.783. The molecule has 0 fully saturated rings. The normalized spacial score (nSPS) is 14.8. The maximum absolute atomic E-state index is 12.2. The first-order valence-corrected chi connectivity index (χ1v) is 6.96. The van der Waals surface area contributed by atoms with Gasteiger partial charge in [-0.25, -0.2) is 4.79 Å². The number of carbonyl (C=O) groups excluding carboxylic acids is 2. The molecule has 5 nitrogen and oxygen atoms in total. The Labute approximate surface area is 118 Å². The third kappa shape index (κ3) is 3.29. The molecule has 0 bridgehead atoms. The van der Waals surface area contributed by atoms with E-state index in [0.717, 1.165) is 18.5 Å². The van der Waals surface area contributed by atoms with Crippen LogP contribution in [0.4, 0.5) is 10.5 Å². The van der Waals surface area contributed by atoms with Crippen LogP contribution in [0, 0.1) is 5.92 Å². The van der Waals surface area contributed by atoms with Gasteiger partial charge in [0.1, 0.15) is 6.04 Å². The third-order valence-electron chi connectivity index (χ3n) is 3.61. The van der Waals surface area contributed by atoms with Gasteiger partial charge in [0.2, 0.25) is 5.91 Å². The molecule has 0 radical (unpaired) electrons. The number of rotatable bonds is 4. The lowest BCUT2D eigenvalue weighted by Gasteiger charge is -2.20. The maximum Gasteiger partial charge on any atom is 0.312 e. The Balaban J connectivity index is 2.07. The van der Waals surface area contributed by atoms with Crippen molar-refractivity contribution in [1.82, 2.24) is 5.32 Å². The second-order valence-corrected chi connectivity index (χ2v) is 5.56. The summed E-state index contributed by atoms with van der Waals surface area (Å²) in [4.78, 5) is 23.2. The number of amides is 3. The Morgan fingerprint density at radius 3 is 2.55 bits per heavy atom. The minimum absolute atomic E-state index is 0.0306. The van der Waals surface area contributed by atoms with Crippen molar-refractivity contribution < 1.29 is 9.59 Å². The van der Waals surface area contributed by atoms with Crippen molar-refractivity contribution in [3.05, 3.63) is 29.3 Å². The highest BCUT2D eigenvalue weighted by molar-refractivity contribution is 5.97. The van der Waals surface area contributed by atoms with Crippen molar-refractivity contribution in [2.45, 2.75) is 39.2 Å². The molecule has 4 N–H and O–H groups in total. The number of fused-ring (bicyclic) bond motifs is 1. The zero-order valence-corrected chi connectivity index (χ0v) is 11.9. The molecule has 0 aromatic heterocycles. The zero-order chi connectivity index (χ0) is 14.7. The molecular weight excluding hydrogens is 254 g/mol. The van der Waals surface area contributed by atoms with Gasteiger partial charge >= 0.3 is 6.03 Å². The van der Waals surface area contributed by atoms with E-state index in [1.54, 1.807) is 0 Å². The molecular formula is C15H21N3O2. The molecule has 0 spiro atoms. The molecule has 0 unspecified atom stereocenters. The van der Waals surface area contributed by atoms with Gasteiger partial charge in [-0.05, 0) is 48.4 Å². The number of urea groups is 1. The van der Waals surface area contributed by atoms with Crippen LogP contribution >= 0.6 is 0 Å². The van der Waals surface area contributed by atoms with Gasteiger partial charge in [0.15, 0.2) is 0 Å². The fourth-order valence-corrected chi connectivity index (χ4v) is 2.56. The average molecular weight is 275 g/mol. The minimum Gasteiger partial charge on any atom is -0.352 e. The van der Waals surface area contributed by atoms with E-state index in [9.17, 15) is 9.59 Å². The van der Waals surface area contributed by atoms with Crippen LogP contribution < -0.4 is 16.4 Å². The Morgan fingerprint density at radius 1 is 1.20 bits per heavy atom. The molecule has 2 rings (SSSR count). The SMILES string of the molecule is CC(C)[C@@H](NC(N)=O)C(=O)Nc1ccc2c(c1)CCC2. The molecule has 1 aromatic rings. The van der Waals surface area contributed by atoms with Gasteiger partial charge in [0, 0.05) is 5.69 Å². The van der Waals surface area contributed by atoms with Crippen LogP contribution in [-0.4, -0.2) is 18.0 Å². The van der Waals surface area contributed by atoms with Gasteiger partial charge in [-0.3, -0.25) is 4.79 Å². The smallest absolute Gasteiger partial charge is 0.312 e. The summed E-state index contributed by atoms with van der Waals surface area (Å²) < 4.78 is 0. The maximum atomic E-state index is 12.2. The Kier molecular flexibility index (Phi) is 4.27. The summed E-state index contributed by atoms with van der Waals surface area (Å²) in [5, 5.41) is 5.33. The number of benzene rings is 1. The van der Waals surface area contributed by atoms with Crippen LogP contribution in [0.5, 0.6) is 0 Å². The van der Waals surface area contributed by atoms with Crippen LogP contribution in [0.15, 0.2) is 18.2 Å². The first-order valence-electron chi connectivity index (χ1n) is 6.96. The summed E-state index contributed by atoms with van der Waals surface area (Å²) in [5.74, 6) is -0.270. The van der Waals surface area contributed by atoms with Crippen LogP contribution in [0.1, 0.15) is 31.4 Å². The van der Waals surface area contributed by atoms with E-state index in [4.69, 9.17) is 5.73 Å². The lowest BCUT2D eigenvalue weighted by Crippen LogP contribution is -2.49. The van der Waals surface area contributed by atoms with E-state index >= 15 is 0 Å². The summed E-state index contributed by atoms with van der Waals surface area (Å²) >= 11 is 0. The van der Waals surface area contributed by atoms with Crippen molar-refractivity contribution in [3.8, 4) is 0 Å². The number of nitrogens with two attached hydrogens (primary N) is 1. The predicted octanol–water partition coefficient (Wildman–Crippen LogP) is 1.81. The summed E-state index contributed by atoms with van der Waals surface area (Å²) in [5.41, 5.74) is 8.53. The fraction of sp³-hybridized carbons (Fsp3) is 0.467. The molecule has 20 heavy (non-hydrogen) atoms. The highest BCUT2D eigenvalue weighted by Gasteiger charge is 2.23. The van der Waals surface area contributed by atoms with Gasteiger partial charge in [-0.2, -0.15) is 0 Å². The largest absolute Gasteiger partial charge is 0.352 e. The van der Waals surface area contributed by atoms with Gasteiger partial charge < -0.3 is 16.4 Å². The van der Waals surface area contributed by atoms with Crippen molar-refractivity contribution in [2.75, 3.05) is 5.32 Å². The first kappa shape index (κ1) is 14.4. The molecule has 5 heteroatoms. The lowest BCUT2D eigenvalue weighted by atomic mass is 10.0. The predicted molar refractivity (Wildman–Crippen MR) is 78.4 cm³/mol. The van der Waals surface area contributed by atoms with Crippen LogP contribution in [0.3, 0.4) is 0 Å². The number of carbonyl (C=O) groups is 2. The molecule has 0 heterocycles. The topological polar surface area (TPSA) is 84.2 Å². The monoisotopic (exact) mass is 275 g/mol. The average Bonchev–Trinajstić information content (AvgIpc) is 2.82. The second kappa shape index (κ2) is 5.94. The molecule has 1 atom stereocenters. The van der Waals surface area contributed by atoms with Gasteiger partial charge in [-0.15, -0.1) is 0 Å². The number of primary amides is 1. The van der Waals surface area contributed by atoms with E-state index in [1.807, 2.05) is 26.0 Å². The molecule has 0 saturated carbocycles. The lowest BCUT2D eigenvalue weighted by molar-refractivity contribution is -0.118. The Hall–Kier alpha value is -2.04. The van der Waals surface area contributed by atoms with Crippen molar-refractivity contribution >= 4 is 17.6 Å². The Morgan fingerprint density at radius 2 is 1.90 bits per heavy atom. The van der Waals surface area contributed by atoms with Crippen LogP contribution in [0.2, 0.25) is 0 Å². The van der Waals surface area contributed by atoms with Crippen molar-refractivity contribution in [3.63, 3.8) is 0 Å². The van der Waals surface area contributed by atoms with Gasteiger partial charge in [0.25, 0.3) is 0 Å². The van der Waals surface area contributed by atoms with Crippen LogP contribution in [0.25, 0.3) is 0 Å². The van der Waals surface area contributed by atoms with E-state index in [1.165, 1.54) is 17.5 Å². The number of aryl methyl sites for hydroxylation is 2. The number of hydrogen-bond donors (Lipinski definition) is 3. The van der Waals surface area contributed by atoms with E-state index in [-0.39, 0.29) is 11.8 Å². The summed E-state index contributed by atoms with van der Waals surface area (Å²) in [6, 6.07) is 4.67. The molecule has 0 aliphatic heterocycles. The van der Waals surface area contributed by atoms with Gasteiger partial charge in [0.05, 0.1) is 0 Å². The van der Waals surface area contributed by atoms with E-state index < -0.39 is 12.1 Å². The third-order valence-corrected chi connectivity index (χ3v) is 3.61. The zero-order valence-electron chi connectivity index (χ0n) is 11.9. The van der Waals surface area contributed by atoms with Crippen molar-refractivity contribution in [1.29, 1.82) is 0 Å². The van der Waals surface area contributed by atoms with E-state index in [0.29, 0.717) is 0 Å². The number of hydrogen-bond acceptors (Lipinski definition) is 2. The van der Waals surface area contributed by atoms with E-state index in [2.05, 4.69) is 16.7 Å². The molecule has 108 valence electrons. The molecule has 1 aliphatic rings. The van der Waals surface area contributed by atoms with Crippen LogP contribution in [-0.2, 0) is 17.6 Å². The molecule has 3 amide bonds. The molecule has 0 saturated heterocycles. The summed E-state index contributed by atoms with van der Waals surface area (Å²) in [7, 11) is 0. The highest BCUT2D eigenvalue weighted by atomic mass is 16.2. The van der Waals surface area contributed by atoms with Gasteiger partial charge in [-0.1, -0.05) is 19.9 Å². The highest BCUT2D eigenvalue weighted by Crippen LogP contribution is 2.25. The summed E-state index contributed by atoms with van der Waals surface area (Å²) in [6.45, 7) is 3.73. The Bertz CT molecular complexity index is 526. The fourth-order valence-electron chi connectivity index (χ4n) is 2.56. The number of anilines is 1. The summed E-state index contributed by atoms with van der Waals surface area (Å²) in [6.07, 6.45) is 3.35. The first-order chi connectivity index (χ1) is 9.47. The van der Waals surface area contributed by atoms with Crippen molar-refractivity contribution in [2.24, 2.45) is 11.7 Å². The number of nitrogens with one attached hydrogen (secondary N) is 2. The molecule has 1 aliphatic carbocycles. The minimum atomic E-state index is -0.687. The standard InChI is InChI=1S/C15H21N3O2/c1-9(2)13(18-15(16)20)14(19)17-12-7-6-10-4-3-5-11(10)8-12/h6-9,13H,3-5H2,1-2H3,(H,17,19)(H3,16,18,20)/t13-/m1/s1. The molecule has 1 aromatic carbocycles. The second-order valence-electron chi connectivity index (χ2n) is 5.56.